The van der Waals surface area contributed by atoms with Gasteiger partial charge >= 0.3 is 0 Å². The summed E-state index contributed by atoms with van der Waals surface area (Å²) in [7, 11) is 0. The van der Waals surface area contributed by atoms with Gasteiger partial charge in [-0.1, -0.05) is 18.2 Å². The fourth-order valence-corrected chi connectivity index (χ4v) is 4.76. The van der Waals surface area contributed by atoms with Crippen LogP contribution in [0.4, 0.5) is 11.4 Å². The lowest BCUT2D eigenvalue weighted by molar-refractivity contribution is -0.139. The number of benzene rings is 2. The minimum atomic E-state index is -0.727. The predicted octanol–water partition coefficient (Wildman–Crippen LogP) is 3.23. The van der Waals surface area contributed by atoms with Crippen molar-refractivity contribution in [1.29, 1.82) is 0 Å². The predicted molar refractivity (Wildman–Crippen MR) is 121 cm³/mol. The first kappa shape index (κ1) is 20.5. The van der Waals surface area contributed by atoms with E-state index in [1.165, 1.54) is 0 Å². The number of amides is 3. The lowest BCUT2D eigenvalue weighted by Gasteiger charge is -2.37. The fraction of sp³-hybridized carbons (Fsp3) is 0.400. The van der Waals surface area contributed by atoms with Crippen molar-refractivity contribution >= 4 is 29.1 Å². The van der Waals surface area contributed by atoms with Gasteiger partial charge in [-0.05, 0) is 56.0 Å². The standard InChI is InChI=1S/C25H27N3O4/c29-23-12-7-15-27(23)19-9-6-8-18(16-19)24(30)28-17-22(25(31)26-13-4-1-5-14-26)32-21-11-3-2-10-20(21)28/h2-3,6,8-11,16,22H,1,4-5,7,12-15,17H2/t22-/m0/s1. The summed E-state index contributed by atoms with van der Waals surface area (Å²) in [5.74, 6) is 0.353. The van der Waals surface area contributed by atoms with E-state index in [0.717, 1.165) is 44.5 Å². The maximum absolute atomic E-state index is 13.6. The molecule has 0 radical (unpaired) electrons. The molecule has 2 saturated heterocycles. The summed E-state index contributed by atoms with van der Waals surface area (Å²) < 4.78 is 6.04. The van der Waals surface area contributed by atoms with E-state index in [1.807, 2.05) is 29.2 Å². The summed E-state index contributed by atoms with van der Waals surface area (Å²) >= 11 is 0. The number of hydrogen-bond donors (Lipinski definition) is 0. The van der Waals surface area contributed by atoms with E-state index in [-0.39, 0.29) is 24.3 Å². The molecule has 0 unspecified atom stereocenters. The number of rotatable bonds is 3. The van der Waals surface area contributed by atoms with Gasteiger partial charge in [0.25, 0.3) is 11.8 Å². The van der Waals surface area contributed by atoms with Crippen molar-refractivity contribution in [2.75, 3.05) is 36.0 Å². The summed E-state index contributed by atoms with van der Waals surface area (Å²) in [4.78, 5) is 44.1. The molecule has 32 heavy (non-hydrogen) atoms. The molecule has 0 aliphatic carbocycles. The quantitative estimate of drug-likeness (QED) is 0.745. The molecule has 2 aromatic rings. The topological polar surface area (TPSA) is 70.2 Å². The minimum absolute atomic E-state index is 0.0617. The molecule has 0 aromatic heterocycles. The van der Waals surface area contributed by atoms with Gasteiger partial charge in [0, 0.05) is 37.3 Å². The molecule has 3 amide bonds. The van der Waals surface area contributed by atoms with Crippen molar-refractivity contribution in [3.8, 4) is 5.75 Å². The van der Waals surface area contributed by atoms with Crippen molar-refractivity contribution in [3.63, 3.8) is 0 Å². The highest BCUT2D eigenvalue weighted by molar-refractivity contribution is 6.09. The minimum Gasteiger partial charge on any atom is -0.476 e. The molecule has 3 aliphatic heterocycles. The lowest BCUT2D eigenvalue weighted by Crippen LogP contribution is -2.52. The lowest BCUT2D eigenvalue weighted by atomic mass is 10.1. The number of para-hydroxylation sites is 2. The van der Waals surface area contributed by atoms with Crippen LogP contribution in [0.5, 0.6) is 5.75 Å². The second-order valence-corrected chi connectivity index (χ2v) is 8.58. The van der Waals surface area contributed by atoms with Crippen LogP contribution in [0.1, 0.15) is 42.5 Å². The molecule has 0 bridgehead atoms. The van der Waals surface area contributed by atoms with Gasteiger partial charge in [0.1, 0.15) is 5.75 Å². The maximum atomic E-state index is 13.6. The number of carbonyl (C=O) groups is 3. The number of likely N-dealkylation sites (tertiary alicyclic amines) is 1. The normalized spacial score (nSPS) is 20.7. The van der Waals surface area contributed by atoms with Crippen molar-refractivity contribution in [2.24, 2.45) is 0 Å². The Balaban J connectivity index is 1.43. The maximum Gasteiger partial charge on any atom is 0.265 e. The highest BCUT2D eigenvalue weighted by Gasteiger charge is 2.36. The van der Waals surface area contributed by atoms with Crippen LogP contribution < -0.4 is 14.5 Å². The molecule has 5 rings (SSSR count). The van der Waals surface area contributed by atoms with Gasteiger partial charge < -0.3 is 19.4 Å². The van der Waals surface area contributed by atoms with Crippen LogP contribution in [0.25, 0.3) is 0 Å². The molecule has 2 aromatic carbocycles. The third-order valence-electron chi connectivity index (χ3n) is 6.44. The Bertz CT molecular complexity index is 1050. The molecular formula is C25H27N3O4. The van der Waals surface area contributed by atoms with Crippen molar-refractivity contribution in [3.05, 3.63) is 54.1 Å². The molecule has 2 fully saturated rings. The molecule has 0 N–H and O–H groups in total. The SMILES string of the molecule is O=C([C@@H]1CN(C(=O)c2cccc(N3CCCC3=O)c2)c2ccccc2O1)N1CCCCC1. The number of anilines is 2. The largest absolute Gasteiger partial charge is 0.476 e. The Morgan fingerprint density at radius 1 is 0.906 bits per heavy atom. The number of ether oxygens (including phenoxy) is 1. The second-order valence-electron chi connectivity index (χ2n) is 8.58. The zero-order valence-electron chi connectivity index (χ0n) is 18.0. The highest BCUT2D eigenvalue weighted by atomic mass is 16.5. The number of carbonyl (C=O) groups excluding carboxylic acids is 3. The first-order valence-corrected chi connectivity index (χ1v) is 11.4. The first-order valence-electron chi connectivity index (χ1n) is 11.4. The van der Waals surface area contributed by atoms with Crippen molar-refractivity contribution < 1.29 is 19.1 Å². The van der Waals surface area contributed by atoms with Gasteiger partial charge in [-0.25, -0.2) is 0 Å². The third-order valence-corrected chi connectivity index (χ3v) is 6.44. The van der Waals surface area contributed by atoms with Crippen LogP contribution in [0.3, 0.4) is 0 Å². The van der Waals surface area contributed by atoms with Gasteiger partial charge in [0.05, 0.1) is 12.2 Å². The Morgan fingerprint density at radius 3 is 2.50 bits per heavy atom. The third kappa shape index (κ3) is 3.83. The van der Waals surface area contributed by atoms with E-state index >= 15 is 0 Å². The molecule has 7 heteroatoms. The summed E-state index contributed by atoms with van der Waals surface area (Å²) in [5, 5.41) is 0. The molecule has 7 nitrogen and oxygen atoms in total. The van der Waals surface area contributed by atoms with Gasteiger partial charge in [-0.15, -0.1) is 0 Å². The Labute approximate surface area is 187 Å². The van der Waals surface area contributed by atoms with Gasteiger partial charge in [-0.2, -0.15) is 0 Å². The van der Waals surface area contributed by atoms with E-state index in [1.54, 1.807) is 34.1 Å². The summed E-state index contributed by atoms with van der Waals surface area (Å²) in [6, 6.07) is 14.5. The zero-order valence-corrected chi connectivity index (χ0v) is 18.0. The van der Waals surface area contributed by atoms with Crippen molar-refractivity contribution in [1.82, 2.24) is 4.90 Å². The summed E-state index contributed by atoms with van der Waals surface area (Å²) in [6.07, 6.45) is 3.77. The summed E-state index contributed by atoms with van der Waals surface area (Å²) in [5.41, 5.74) is 1.88. The second kappa shape index (κ2) is 8.65. The number of piperidine rings is 1. The Morgan fingerprint density at radius 2 is 1.72 bits per heavy atom. The van der Waals surface area contributed by atoms with Crippen LogP contribution in [0.15, 0.2) is 48.5 Å². The van der Waals surface area contributed by atoms with Crippen LogP contribution in [0, 0.1) is 0 Å². The fourth-order valence-electron chi connectivity index (χ4n) is 4.76. The van der Waals surface area contributed by atoms with Gasteiger partial charge in [0.15, 0.2) is 6.10 Å². The molecular weight excluding hydrogens is 406 g/mol. The van der Waals surface area contributed by atoms with Crippen LogP contribution in [0.2, 0.25) is 0 Å². The van der Waals surface area contributed by atoms with Crippen LogP contribution in [-0.2, 0) is 9.59 Å². The average Bonchev–Trinajstić information content (AvgIpc) is 3.29. The van der Waals surface area contributed by atoms with E-state index < -0.39 is 6.10 Å². The van der Waals surface area contributed by atoms with E-state index in [9.17, 15) is 14.4 Å². The smallest absolute Gasteiger partial charge is 0.265 e. The van der Waals surface area contributed by atoms with Crippen LogP contribution >= 0.6 is 0 Å². The number of nitrogens with zero attached hydrogens (tertiary/aromatic N) is 3. The van der Waals surface area contributed by atoms with E-state index in [0.29, 0.717) is 30.0 Å². The molecule has 0 saturated carbocycles. The van der Waals surface area contributed by atoms with E-state index in [4.69, 9.17) is 4.74 Å². The van der Waals surface area contributed by atoms with Crippen LogP contribution in [-0.4, -0.2) is 54.9 Å². The monoisotopic (exact) mass is 433 g/mol. The zero-order chi connectivity index (χ0) is 22.1. The average molecular weight is 434 g/mol. The molecule has 0 spiro atoms. The first-order chi connectivity index (χ1) is 15.6. The molecule has 3 aliphatic rings. The molecule has 3 heterocycles. The Hall–Kier alpha value is -3.35. The number of fused-ring (bicyclic) bond motifs is 1. The number of hydrogen-bond acceptors (Lipinski definition) is 4. The van der Waals surface area contributed by atoms with Crippen molar-refractivity contribution in [2.45, 2.75) is 38.2 Å². The Kier molecular flexibility index (Phi) is 5.55. The summed E-state index contributed by atoms with van der Waals surface area (Å²) in [6.45, 7) is 2.31. The van der Waals surface area contributed by atoms with E-state index in [2.05, 4.69) is 0 Å². The molecule has 1 atom stereocenters. The van der Waals surface area contributed by atoms with Gasteiger partial charge in [-0.3, -0.25) is 14.4 Å². The molecule has 166 valence electrons. The van der Waals surface area contributed by atoms with Gasteiger partial charge in [0.2, 0.25) is 5.91 Å². The highest BCUT2D eigenvalue weighted by Crippen LogP contribution is 2.35.